The van der Waals surface area contributed by atoms with Crippen LogP contribution in [0.2, 0.25) is 0 Å². The summed E-state index contributed by atoms with van der Waals surface area (Å²) >= 11 is 5.33. The van der Waals surface area contributed by atoms with Gasteiger partial charge >= 0.3 is 0 Å². The standard InChI is InChI=1S/C13H15BrN2S/c1-8-3-4-12(14)11(7-8)13(16-15)10-5-6-17-9(10)2/h3-7,13,16H,15H2,1-2H3. The Balaban J connectivity index is 2.49. The Morgan fingerprint density at radius 3 is 2.59 bits per heavy atom. The van der Waals surface area contributed by atoms with Crippen molar-refractivity contribution in [2.24, 2.45) is 5.84 Å². The fourth-order valence-electron chi connectivity index (χ4n) is 1.93. The molecule has 1 aromatic carbocycles. The summed E-state index contributed by atoms with van der Waals surface area (Å²) in [4.78, 5) is 1.29. The third-order valence-electron chi connectivity index (χ3n) is 2.84. The quantitative estimate of drug-likeness (QED) is 0.670. The molecule has 1 aromatic heterocycles. The van der Waals surface area contributed by atoms with Gasteiger partial charge in [0.25, 0.3) is 0 Å². The topological polar surface area (TPSA) is 38.0 Å². The molecule has 0 saturated heterocycles. The number of halogens is 1. The van der Waals surface area contributed by atoms with Crippen molar-refractivity contribution in [3.05, 3.63) is 55.7 Å². The molecule has 2 aromatic rings. The van der Waals surface area contributed by atoms with Crippen LogP contribution in [-0.4, -0.2) is 0 Å². The molecule has 0 bridgehead atoms. The van der Waals surface area contributed by atoms with Gasteiger partial charge in [0.15, 0.2) is 0 Å². The van der Waals surface area contributed by atoms with Gasteiger partial charge in [-0.05, 0) is 42.5 Å². The lowest BCUT2D eigenvalue weighted by Crippen LogP contribution is -2.29. The van der Waals surface area contributed by atoms with E-state index in [0.717, 1.165) is 4.47 Å². The largest absolute Gasteiger partial charge is 0.271 e. The highest BCUT2D eigenvalue weighted by atomic mass is 79.9. The fraction of sp³-hybridized carbons (Fsp3) is 0.231. The summed E-state index contributed by atoms with van der Waals surface area (Å²) in [5.74, 6) is 5.72. The van der Waals surface area contributed by atoms with E-state index in [0.29, 0.717) is 0 Å². The minimum absolute atomic E-state index is 0.0375. The number of nitrogens with two attached hydrogens (primary N) is 1. The summed E-state index contributed by atoms with van der Waals surface area (Å²) in [6.45, 7) is 4.21. The Hall–Kier alpha value is -0.680. The molecule has 2 rings (SSSR count). The molecule has 3 N–H and O–H groups in total. The molecule has 1 unspecified atom stereocenters. The lowest BCUT2D eigenvalue weighted by molar-refractivity contribution is 0.633. The van der Waals surface area contributed by atoms with Crippen LogP contribution >= 0.6 is 27.3 Å². The van der Waals surface area contributed by atoms with Crippen LogP contribution in [0.5, 0.6) is 0 Å². The van der Waals surface area contributed by atoms with E-state index in [-0.39, 0.29) is 6.04 Å². The van der Waals surface area contributed by atoms with Gasteiger partial charge in [0.2, 0.25) is 0 Å². The first kappa shape index (κ1) is 12.8. The minimum Gasteiger partial charge on any atom is -0.271 e. The molecule has 0 spiro atoms. The second-order valence-corrected chi connectivity index (χ2v) is 6.03. The molecule has 0 radical (unpaired) electrons. The predicted molar refractivity (Wildman–Crippen MR) is 77.1 cm³/mol. The van der Waals surface area contributed by atoms with Crippen molar-refractivity contribution in [1.82, 2.24) is 5.43 Å². The Bertz CT molecular complexity index is 522. The van der Waals surface area contributed by atoms with Gasteiger partial charge in [0.05, 0.1) is 6.04 Å². The maximum atomic E-state index is 5.72. The van der Waals surface area contributed by atoms with Crippen LogP contribution in [0.3, 0.4) is 0 Å². The van der Waals surface area contributed by atoms with Crippen LogP contribution in [0.25, 0.3) is 0 Å². The van der Waals surface area contributed by atoms with Crippen molar-refractivity contribution in [3.8, 4) is 0 Å². The minimum atomic E-state index is 0.0375. The van der Waals surface area contributed by atoms with Gasteiger partial charge in [-0.1, -0.05) is 33.6 Å². The summed E-state index contributed by atoms with van der Waals surface area (Å²) < 4.78 is 1.08. The van der Waals surface area contributed by atoms with Gasteiger partial charge in [0, 0.05) is 9.35 Å². The molecule has 0 saturated carbocycles. The van der Waals surface area contributed by atoms with Crippen LogP contribution in [0, 0.1) is 13.8 Å². The predicted octanol–water partition coefficient (Wildman–Crippen LogP) is 3.68. The molecule has 1 heterocycles. The molecule has 0 aliphatic carbocycles. The Kier molecular flexibility index (Phi) is 3.99. The van der Waals surface area contributed by atoms with Crippen LogP contribution in [0.1, 0.15) is 27.6 Å². The molecule has 17 heavy (non-hydrogen) atoms. The maximum absolute atomic E-state index is 5.72. The normalized spacial score (nSPS) is 12.7. The monoisotopic (exact) mass is 310 g/mol. The molecule has 0 aliphatic heterocycles. The first-order valence-electron chi connectivity index (χ1n) is 5.39. The molecular formula is C13H15BrN2S. The van der Waals surface area contributed by atoms with Crippen molar-refractivity contribution in [1.29, 1.82) is 0 Å². The van der Waals surface area contributed by atoms with Crippen molar-refractivity contribution in [3.63, 3.8) is 0 Å². The van der Waals surface area contributed by atoms with E-state index in [1.165, 1.54) is 21.6 Å². The number of nitrogens with one attached hydrogen (secondary N) is 1. The Labute approximate surface area is 114 Å². The van der Waals surface area contributed by atoms with Gasteiger partial charge < -0.3 is 0 Å². The molecule has 0 fully saturated rings. The number of thiophene rings is 1. The first-order chi connectivity index (χ1) is 8.13. The third-order valence-corrected chi connectivity index (χ3v) is 4.42. The highest BCUT2D eigenvalue weighted by molar-refractivity contribution is 9.10. The van der Waals surface area contributed by atoms with Gasteiger partial charge in [-0.25, -0.2) is 5.43 Å². The SMILES string of the molecule is Cc1ccc(Br)c(C(NN)c2ccsc2C)c1. The molecule has 2 nitrogen and oxygen atoms in total. The number of aryl methyl sites for hydroxylation is 2. The summed E-state index contributed by atoms with van der Waals surface area (Å²) in [5, 5.41) is 2.10. The summed E-state index contributed by atoms with van der Waals surface area (Å²) in [7, 11) is 0. The van der Waals surface area contributed by atoms with Crippen molar-refractivity contribution in [2.45, 2.75) is 19.9 Å². The van der Waals surface area contributed by atoms with Gasteiger partial charge in [0.1, 0.15) is 0 Å². The van der Waals surface area contributed by atoms with Crippen molar-refractivity contribution < 1.29 is 0 Å². The number of hydrazine groups is 1. The number of hydrogen-bond donors (Lipinski definition) is 2. The maximum Gasteiger partial charge on any atom is 0.0731 e. The third kappa shape index (κ3) is 2.60. The van der Waals surface area contributed by atoms with Gasteiger partial charge in [-0.2, -0.15) is 0 Å². The van der Waals surface area contributed by atoms with Crippen LogP contribution in [0.4, 0.5) is 0 Å². The molecular weight excluding hydrogens is 296 g/mol. The van der Waals surface area contributed by atoms with Crippen LogP contribution in [-0.2, 0) is 0 Å². The van der Waals surface area contributed by atoms with E-state index in [9.17, 15) is 0 Å². The summed E-state index contributed by atoms with van der Waals surface area (Å²) in [6.07, 6.45) is 0. The van der Waals surface area contributed by atoms with Crippen LogP contribution < -0.4 is 11.3 Å². The molecule has 1 atom stereocenters. The van der Waals surface area contributed by atoms with Crippen molar-refractivity contribution >= 4 is 27.3 Å². The highest BCUT2D eigenvalue weighted by Gasteiger charge is 2.17. The Morgan fingerprint density at radius 2 is 2.00 bits per heavy atom. The number of benzene rings is 1. The zero-order valence-corrected chi connectivity index (χ0v) is 12.2. The van der Waals surface area contributed by atoms with E-state index >= 15 is 0 Å². The number of hydrogen-bond acceptors (Lipinski definition) is 3. The zero-order valence-electron chi connectivity index (χ0n) is 9.83. The molecule has 4 heteroatoms. The molecule has 0 amide bonds. The lowest BCUT2D eigenvalue weighted by atomic mass is 9.98. The summed E-state index contributed by atoms with van der Waals surface area (Å²) in [5.41, 5.74) is 6.55. The van der Waals surface area contributed by atoms with E-state index in [4.69, 9.17) is 5.84 Å². The fourth-order valence-corrected chi connectivity index (χ4v) is 3.14. The van der Waals surface area contributed by atoms with Crippen molar-refractivity contribution in [2.75, 3.05) is 0 Å². The van der Waals surface area contributed by atoms with E-state index in [2.05, 4.69) is 64.8 Å². The highest BCUT2D eigenvalue weighted by Crippen LogP contribution is 2.32. The smallest absolute Gasteiger partial charge is 0.0731 e. The van der Waals surface area contributed by atoms with E-state index < -0.39 is 0 Å². The van der Waals surface area contributed by atoms with Gasteiger partial charge in [-0.3, -0.25) is 5.84 Å². The number of rotatable bonds is 3. The molecule has 0 aliphatic rings. The van der Waals surface area contributed by atoms with Crippen LogP contribution in [0.15, 0.2) is 34.1 Å². The molecule has 90 valence electrons. The average Bonchev–Trinajstić information content (AvgIpc) is 2.71. The zero-order chi connectivity index (χ0) is 12.4. The summed E-state index contributed by atoms with van der Waals surface area (Å²) in [6, 6.07) is 8.47. The van der Waals surface area contributed by atoms with Gasteiger partial charge in [-0.15, -0.1) is 11.3 Å². The second-order valence-electron chi connectivity index (χ2n) is 4.06. The van der Waals surface area contributed by atoms with E-state index in [1.807, 2.05) is 0 Å². The van der Waals surface area contributed by atoms with E-state index in [1.54, 1.807) is 11.3 Å². The Morgan fingerprint density at radius 1 is 1.24 bits per heavy atom. The lowest BCUT2D eigenvalue weighted by Gasteiger charge is -2.18. The first-order valence-corrected chi connectivity index (χ1v) is 7.07. The average molecular weight is 311 g/mol. The second kappa shape index (κ2) is 5.31.